The summed E-state index contributed by atoms with van der Waals surface area (Å²) in [5.74, 6) is 0.0269. The standard InChI is InChI=1S/C20H32N4O.C2H6.CH4/c1-4-22-20(3)10-5-11-24(15-20)17-8-12-23(13-9-17)18-6-7-19(16(2)25)21-14-18;1-2;/h6-7,14,17,22H,4-5,8-13,15H2,1-3H3;1-2H3;1H4. The highest BCUT2D eigenvalue weighted by Crippen LogP contribution is 2.27. The van der Waals surface area contributed by atoms with Crippen LogP contribution in [0.2, 0.25) is 0 Å². The van der Waals surface area contributed by atoms with Crippen molar-refractivity contribution in [2.24, 2.45) is 0 Å². The molecule has 5 nitrogen and oxygen atoms in total. The lowest BCUT2D eigenvalue weighted by Gasteiger charge is -2.47. The van der Waals surface area contributed by atoms with Gasteiger partial charge >= 0.3 is 0 Å². The van der Waals surface area contributed by atoms with Gasteiger partial charge in [0.15, 0.2) is 5.78 Å². The lowest BCUT2D eigenvalue weighted by atomic mass is 9.88. The van der Waals surface area contributed by atoms with E-state index in [2.05, 4.69) is 33.9 Å². The topological polar surface area (TPSA) is 48.5 Å². The van der Waals surface area contributed by atoms with E-state index >= 15 is 0 Å². The van der Waals surface area contributed by atoms with Crippen LogP contribution >= 0.6 is 0 Å². The van der Waals surface area contributed by atoms with Crippen molar-refractivity contribution in [1.82, 2.24) is 15.2 Å². The minimum absolute atomic E-state index is 0. The van der Waals surface area contributed by atoms with Gasteiger partial charge < -0.3 is 10.2 Å². The number of carbonyl (C=O) groups excluding carboxylic acids is 1. The highest BCUT2D eigenvalue weighted by Gasteiger charge is 2.34. The summed E-state index contributed by atoms with van der Waals surface area (Å²) in [4.78, 5) is 20.8. The van der Waals surface area contributed by atoms with Crippen LogP contribution in [0.4, 0.5) is 5.69 Å². The third kappa shape index (κ3) is 6.28. The number of hydrogen-bond acceptors (Lipinski definition) is 5. The monoisotopic (exact) mass is 390 g/mol. The second-order valence-electron chi connectivity index (χ2n) is 7.84. The zero-order valence-electron chi connectivity index (χ0n) is 17.9. The lowest BCUT2D eigenvalue weighted by Crippen LogP contribution is -2.58. The summed E-state index contributed by atoms with van der Waals surface area (Å²) >= 11 is 0. The first-order chi connectivity index (χ1) is 13.0. The van der Waals surface area contributed by atoms with Gasteiger partial charge in [-0.2, -0.15) is 0 Å². The van der Waals surface area contributed by atoms with E-state index in [0.717, 1.165) is 25.3 Å². The summed E-state index contributed by atoms with van der Waals surface area (Å²) in [5.41, 5.74) is 1.96. The number of carbonyl (C=O) groups is 1. The molecule has 0 amide bonds. The summed E-state index contributed by atoms with van der Waals surface area (Å²) < 4.78 is 0. The summed E-state index contributed by atoms with van der Waals surface area (Å²) in [6, 6.07) is 4.57. The summed E-state index contributed by atoms with van der Waals surface area (Å²) in [5, 5.41) is 3.69. The van der Waals surface area contributed by atoms with Crippen molar-refractivity contribution in [2.75, 3.05) is 37.6 Å². The molecule has 28 heavy (non-hydrogen) atoms. The van der Waals surface area contributed by atoms with E-state index in [1.54, 1.807) is 6.92 Å². The van der Waals surface area contributed by atoms with Gasteiger partial charge in [-0.15, -0.1) is 0 Å². The molecular weight excluding hydrogens is 348 g/mol. The molecular formula is C23H42N4O. The van der Waals surface area contributed by atoms with Gasteiger partial charge in [-0.05, 0) is 57.8 Å². The number of nitrogens with zero attached hydrogens (tertiary/aromatic N) is 3. The van der Waals surface area contributed by atoms with E-state index < -0.39 is 0 Å². The van der Waals surface area contributed by atoms with Gasteiger partial charge in [-0.25, -0.2) is 0 Å². The van der Waals surface area contributed by atoms with Gasteiger partial charge in [0.2, 0.25) is 0 Å². The zero-order chi connectivity index (χ0) is 19.9. The molecule has 2 saturated heterocycles. The fourth-order valence-electron chi connectivity index (χ4n) is 4.43. The molecule has 2 fully saturated rings. The van der Waals surface area contributed by atoms with Crippen molar-refractivity contribution in [3.8, 4) is 0 Å². The van der Waals surface area contributed by atoms with E-state index in [4.69, 9.17) is 0 Å². The molecule has 1 N–H and O–H groups in total. The Labute approximate surface area is 172 Å². The molecule has 0 spiro atoms. The first-order valence-electron chi connectivity index (χ1n) is 10.7. The highest BCUT2D eigenvalue weighted by molar-refractivity contribution is 5.92. The average Bonchev–Trinajstić information content (AvgIpc) is 2.70. The number of likely N-dealkylation sites (N-methyl/N-ethyl adjacent to an activating group) is 1. The molecule has 3 heterocycles. The number of anilines is 1. The fourth-order valence-corrected chi connectivity index (χ4v) is 4.43. The molecule has 1 aromatic heterocycles. The van der Waals surface area contributed by atoms with Crippen LogP contribution in [-0.2, 0) is 0 Å². The molecule has 0 aliphatic carbocycles. The predicted octanol–water partition coefficient (Wildman–Crippen LogP) is 4.38. The summed E-state index contributed by atoms with van der Waals surface area (Å²) in [6.45, 7) is 15.7. The smallest absolute Gasteiger partial charge is 0.178 e. The summed E-state index contributed by atoms with van der Waals surface area (Å²) in [6.07, 6.45) is 6.83. The fraction of sp³-hybridized carbons (Fsp3) is 0.739. The summed E-state index contributed by atoms with van der Waals surface area (Å²) in [7, 11) is 0. The molecule has 0 bridgehead atoms. The molecule has 1 unspecified atom stereocenters. The second-order valence-corrected chi connectivity index (χ2v) is 7.84. The van der Waals surface area contributed by atoms with E-state index in [1.807, 2.05) is 32.2 Å². The quantitative estimate of drug-likeness (QED) is 0.756. The molecule has 3 rings (SSSR count). The van der Waals surface area contributed by atoms with Crippen molar-refractivity contribution in [1.29, 1.82) is 0 Å². The molecule has 2 aliphatic heterocycles. The maximum Gasteiger partial charge on any atom is 0.178 e. The molecule has 1 atom stereocenters. The average molecular weight is 391 g/mol. The van der Waals surface area contributed by atoms with Gasteiger partial charge in [0.1, 0.15) is 5.69 Å². The molecule has 0 radical (unpaired) electrons. The predicted molar refractivity (Wildman–Crippen MR) is 120 cm³/mol. The number of nitrogens with one attached hydrogen (secondary N) is 1. The first kappa shape index (κ1) is 24.6. The zero-order valence-corrected chi connectivity index (χ0v) is 17.9. The van der Waals surface area contributed by atoms with Gasteiger partial charge in [-0.3, -0.25) is 14.7 Å². The third-order valence-electron chi connectivity index (χ3n) is 5.78. The van der Waals surface area contributed by atoms with Crippen LogP contribution in [0, 0.1) is 0 Å². The van der Waals surface area contributed by atoms with Gasteiger partial charge in [0.25, 0.3) is 0 Å². The number of likely N-dealkylation sites (tertiary alicyclic amines) is 1. The molecule has 160 valence electrons. The number of piperidine rings is 2. The van der Waals surface area contributed by atoms with Crippen molar-refractivity contribution in [2.45, 2.75) is 79.3 Å². The number of hydrogen-bond donors (Lipinski definition) is 1. The maximum absolute atomic E-state index is 11.4. The first-order valence-corrected chi connectivity index (χ1v) is 10.7. The molecule has 1 aromatic rings. The van der Waals surface area contributed by atoms with E-state index in [9.17, 15) is 4.79 Å². The Morgan fingerprint density at radius 2 is 1.93 bits per heavy atom. The Bertz CT molecular complexity index is 577. The van der Waals surface area contributed by atoms with Crippen LogP contribution in [0.5, 0.6) is 0 Å². The minimum atomic E-state index is 0. The molecule has 0 saturated carbocycles. The molecule has 2 aliphatic rings. The SMILES string of the molecule is C.CC.CCNC1(C)CCCN(C2CCN(c3ccc(C(C)=O)nc3)CC2)C1. The van der Waals surface area contributed by atoms with Crippen LogP contribution in [-0.4, -0.2) is 60.0 Å². The number of rotatable bonds is 5. The normalized spacial score (nSPS) is 23.4. The molecule has 0 aromatic carbocycles. The number of aromatic nitrogens is 1. The molecule has 5 heteroatoms. The van der Waals surface area contributed by atoms with Crippen LogP contribution in [0.1, 0.15) is 78.2 Å². The Morgan fingerprint density at radius 1 is 1.25 bits per heavy atom. The Hall–Kier alpha value is -1.46. The van der Waals surface area contributed by atoms with E-state index in [-0.39, 0.29) is 18.7 Å². The second kappa shape index (κ2) is 11.5. The van der Waals surface area contributed by atoms with Crippen LogP contribution in [0.15, 0.2) is 18.3 Å². The van der Waals surface area contributed by atoms with E-state index in [1.165, 1.54) is 38.8 Å². The van der Waals surface area contributed by atoms with Crippen molar-refractivity contribution >= 4 is 11.5 Å². The van der Waals surface area contributed by atoms with Crippen LogP contribution in [0.25, 0.3) is 0 Å². The Kier molecular flexibility index (Phi) is 10.1. The van der Waals surface area contributed by atoms with Crippen molar-refractivity contribution < 1.29 is 4.79 Å². The largest absolute Gasteiger partial charge is 0.370 e. The van der Waals surface area contributed by atoms with Gasteiger partial charge in [0.05, 0.1) is 11.9 Å². The van der Waals surface area contributed by atoms with Crippen LogP contribution in [0.3, 0.4) is 0 Å². The third-order valence-corrected chi connectivity index (χ3v) is 5.78. The number of ketones is 1. The minimum Gasteiger partial charge on any atom is -0.370 e. The number of Topliss-reactive ketones (excluding diaryl/α,β-unsaturated/α-hetero) is 1. The van der Waals surface area contributed by atoms with Crippen molar-refractivity contribution in [3.63, 3.8) is 0 Å². The number of pyridine rings is 1. The Morgan fingerprint density at radius 3 is 2.46 bits per heavy atom. The maximum atomic E-state index is 11.4. The van der Waals surface area contributed by atoms with E-state index in [0.29, 0.717) is 11.7 Å². The van der Waals surface area contributed by atoms with Gasteiger partial charge in [-0.1, -0.05) is 28.2 Å². The highest BCUT2D eigenvalue weighted by atomic mass is 16.1. The Balaban J connectivity index is 0.00000127. The lowest BCUT2D eigenvalue weighted by molar-refractivity contribution is 0.0814. The van der Waals surface area contributed by atoms with Crippen molar-refractivity contribution in [3.05, 3.63) is 24.0 Å². The van der Waals surface area contributed by atoms with Gasteiger partial charge in [0, 0.05) is 38.1 Å². The van der Waals surface area contributed by atoms with Crippen LogP contribution < -0.4 is 10.2 Å².